The van der Waals surface area contributed by atoms with Gasteiger partial charge in [-0.05, 0) is 5.41 Å². The average Bonchev–Trinajstić information content (AvgIpc) is 2.46. The number of rotatable bonds is 2. The van der Waals surface area contributed by atoms with Crippen LogP contribution in [0.5, 0.6) is 0 Å². The Morgan fingerprint density at radius 3 is 2.64 bits per heavy atom. The van der Waals surface area contributed by atoms with Crippen molar-refractivity contribution >= 4 is 5.91 Å². The minimum absolute atomic E-state index is 0.0620. The predicted molar refractivity (Wildman–Crippen MR) is 55.0 cm³/mol. The van der Waals surface area contributed by atoms with Gasteiger partial charge in [0, 0.05) is 19.8 Å². The van der Waals surface area contributed by atoms with Crippen LogP contribution in [0.1, 0.15) is 31.1 Å². The quantitative estimate of drug-likeness (QED) is 0.770. The monoisotopic (exact) mass is 195 g/mol. The van der Waals surface area contributed by atoms with Gasteiger partial charge < -0.3 is 5.32 Å². The van der Waals surface area contributed by atoms with Crippen LogP contribution in [0.4, 0.5) is 0 Å². The standard InChI is InChI=1S/C10H17N3O/c1-10(2,3)7-11-9(14)8-5-12-13(4)6-8/h5-6H,7H2,1-4H3,(H,11,14). The molecule has 0 radical (unpaired) electrons. The third kappa shape index (κ3) is 3.20. The van der Waals surface area contributed by atoms with Crippen molar-refractivity contribution in [2.45, 2.75) is 20.8 Å². The Hall–Kier alpha value is -1.32. The van der Waals surface area contributed by atoms with Crippen molar-refractivity contribution in [2.24, 2.45) is 12.5 Å². The molecular formula is C10H17N3O. The molecule has 0 aliphatic carbocycles. The fourth-order valence-electron chi connectivity index (χ4n) is 0.986. The van der Waals surface area contributed by atoms with Crippen molar-refractivity contribution in [1.29, 1.82) is 0 Å². The number of nitrogens with zero attached hydrogens (tertiary/aromatic N) is 2. The highest BCUT2D eigenvalue weighted by atomic mass is 16.1. The van der Waals surface area contributed by atoms with E-state index in [1.807, 2.05) is 0 Å². The topological polar surface area (TPSA) is 46.9 Å². The van der Waals surface area contributed by atoms with Crippen LogP contribution < -0.4 is 5.32 Å². The maximum Gasteiger partial charge on any atom is 0.254 e. The maximum absolute atomic E-state index is 11.5. The summed E-state index contributed by atoms with van der Waals surface area (Å²) in [6.07, 6.45) is 3.27. The van der Waals surface area contributed by atoms with Crippen molar-refractivity contribution in [2.75, 3.05) is 6.54 Å². The van der Waals surface area contributed by atoms with Crippen LogP contribution in [0.2, 0.25) is 0 Å². The molecule has 4 heteroatoms. The van der Waals surface area contributed by atoms with Gasteiger partial charge in [-0.15, -0.1) is 0 Å². The number of aromatic nitrogens is 2. The molecule has 1 aromatic rings. The molecule has 0 aromatic carbocycles. The summed E-state index contributed by atoms with van der Waals surface area (Å²) in [7, 11) is 1.79. The second kappa shape index (κ2) is 3.82. The fraction of sp³-hybridized carbons (Fsp3) is 0.600. The molecule has 0 bridgehead atoms. The third-order valence-corrected chi connectivity index (χ3v) is 1.75. The highest BCUT2D eigenvalue weighted by Crippen LogP contribution is 2.10. The number of hydrogen-bond acceptors (Lipinski definition) is 2. The van der Waals surface area contributed by atoms with E-state index in [0.717, 1.165) is 0 Å². The molecule has 4 nitrogen and oxygen atoms in total. The second-order valence-corrected chi connectivity index (χ2v) is 4.65. The normalized spacial score (nSPS) is 11.4. The first-order chi connectivity index (χ1) is 6.38. The third-order valence-electron chi connectivity index (χ3n) is 1.75. The molecule has 1 rings (SSSR count). The van der Waals surface area contributed by atoms with E-state index < -0.39 is 0 Å². The Labute approximate surface area is 84.3 Å². The summed E-state index contributed by atoms with van der Waals surface area (Å²) in [4.78, 5) is 11.5. The minimum atomic E-state index is -0.0620. The van der Waals surface area contributed by atoms with Gasteiger partial charge in [-0.2, -0.15) is 5.10 Å². The second-order valence-electron chi connectivity index (χ2n) is 4.65. The molecule has 78 valence electrons. The lowest BCUT2D eigenvalue weighted by Gasteiger charge is -2.18. The molecule has 0 aliphatic rings. The number of nitrogens with one attached hydrogen (secondary N) is 1. The Balaban J connectivity index is 2.52. The summed E-state index contributed by atoms with van der Waals surface area (Å²) in [5, 5.41) is 6.80. The van der Waals surface area contributed by atoms with Gasteiger partial charge >= 0.3 is 0 Å². The van der Waals surface area contributed by atoms with E-state index in [9.17, 15) is 4.79 Å². The van der Waals surface area contributed by atoms with Crippen LogP contribution in [-0.2, 0) is 7.05 Å². The van der Waals surface area contributed by atoms with Gasteiger partial charge in [0.05, 0.1) is 11.8 Å². The van der Waals surface area contributed by atoms with Crippen molar-refractivity contribution in [1.82, 2.24) is 15.1 Å². The lowest BCUT2D eigenvalue weighted by molar-refractivity contribution is 0.0939. The Bertz CT molecular complexity index is 322. The van der Waals surface area contributed by atoms with E-state index >= 15 is 0 Å². The fourth-order valence-corrected chi connectivity index (χ4v) is 0.986. The summed E-state index contributed by atoms with van der Waals surface area (Å²) in [6.45, 7) is 6.91. The van der Waals surface area contributed by atoms with E-state index in [2.05, 4.69) is 31.2 Å². The van der Waals surface area contributed by atoms with Crippen molar-refractivity contribution in [3.05, 3.63) is 18.0 Å². The van der Waals surface area contributed by atoms with E-state index in [1.54, 1.807) is 24.1 Å². The highest BCUT2D eigenvalue weighted by molar-refractivity contribution is 5.93. The van der Waals surface area contributed by atoms with E-state index in [4.69, 9.17) is 0 Å². The van der Waals surface area contributed by atoms with Crippen LogP contribution in [0.3, 0.4) is 0 Å². The van der Waals surface area contributed by atoms with Gasteiger partial charge in [-0.1, -0.05) is 20.8 Å². The van der Waals surface area contributed by atoms with Gasteiger partial charge in [-0.25, -0.2) is 0 Å². The molecule has 0 saturated carbocycles. The summed E-state index contributed by atoms with van der Waals surface area (Å²) in [6, 6.07) is 0. The Morgan fingerprint density at radius 1 is 1.57 bits per heavy atom. The maximum atomic E-state index is 11.5. The molecule has 0 spiro atoms. The zero-order valence-corrected chi connectivity index (χ0v) is 9.16. The number of carbonyl (C=O) groups is 1. The molecular weight excluding hydrogens is 178 g/mol. The first-order valence-electron chi connectivity index (χ1n) is 4.65. The summed E-state index contributed by atoms with van der Waals surface area (Å²) in [5.41, 5.74) is 0.717. The summed E-state index contributed by atoms with van der Waals surface area (Å²) in [5.74, 6) is -0.0620. The molecule has 1 aromatic heterocycles. The van der Waals surface area contributed by atoms with Gasteiger partial charge in [0.1, 0.15) is 0 Å². The Morgan fingerprint density at radius 2 is 2.21 bits per heavy atom. The largest absolute Gasteiger partial charge is 0.351 e. The smallest absolute Gasteiger partial charge is 0.254 e. The van der Waals surface area contributed by atoms with Crippen LogP contribution in [0.25, 0.3) is 0 Å². The molecule has 0 saturated heterocycles. The first kappa shape index (κ1) is 10.8. The van der Waals surface area contributed by atoms with E-state index in [0.29, 0.717) is 12.1 Å². The number of aryl methyl sites for hydroxylation is 1. The van der Waals surface area contributed by atoms with Crippen LogP contribution >= 0.6 is 0 Å². The lowest BCUT2D eigenvalue weighted by Crippen LogP contribution is -2.32. The van der Waals surface area contributed by atoms with E-state index in [1.165, 1.54) is 0 Å². The zero-order chi connectivity index (χ0) is 10.8. The molecule has 1 heterocycles. The van der Waals surface area contributed by atoms with Crippen molar-refractivity contribution in [3.8, 4) is 0 Å². The molecule has 0 fully saturated rings. The SMILES string of the molecule is Cn1cc(C(=O)NCC(C)(C)C)cn1. The predicted octanol–water partition coefficient (Wildman–Crippen LogP) is 1.20. The van der Waals surface area contributed by atoms with Crippen LogP contribution in [-0.4, -0.2) is 22.2 Å². The van der Waals surface area contributed by atoms with E-state index in [-0.39, 0.29) is 11.3 Å². The zero-order valence-electron chi connectivity index (χ0n) is 9.16. The molecule has 1 amide bonds. The molecule has 0 unspecified atom stereocenters. The van der Waals surface area contributed by atoms with Crippen molar-refractivity contribution in [3.63, 3.8) is 0 Å². The minimum Gasteiger partial charge on any atom is -0.351 e. The number of carbonyl (C=O) groups excluding carboxylic acids is 1. The van der Waals surface area contributed by atoms with Gasteiger partial charge in [0.2, 0.25) is 0 Å². The van der Waals surface area contributed by atoms with Crippen LogP contribution in [0, 0.1) is 5.41 Å². The number of amides is 1. The van der Waals surface area contributed by atoms with Crippen LogP contribution in [0.15, 0.2) is 12.4 Å². The Kier molecular flexibility index (Phi) is 2.93. The molecule has 0 atom stereocenters. The highest BCUT2D eigenvalue weighted by Gasteiger charge is 2.13. The summed E-state index contributed by atoms with van der Waals surface area (Å²) >= 11 is 0. The van der Waals surface area contributed by atoms with Crippen molar-refractivity contribution < 1.29 is 4.79 Å². The van der Waals surface area contributed by atoms with Gasteiger partial charge in [0.15, 0.2) is 0 Å². The summed E-state index contributed by atoms with van der Waals surface area (Å²) < 4.78 is 1.62. The first-order valence-corrected chi connectivity index (χ1v) is 4.65. The molecule has 1 N–H and O–H groups in total. The van der Waals surface area contributed by atoms with Gasteiger partial charge in [-0.3, -0.25) is 9.48 Å². The lowest BCUT2D eigenvalue weighted by atomic mass is 9.97. The molecule has 0 aliphatic heterocycles. The average molecular weight is 195 g/mol. The molecule has 14 heavy (non-hydrogen) atoms. The number of hydrogen-bond donors (Lipinski definition) is 1. The van der Waals surface area contributed by atoms with Gasteiger partial charge in [0.25, 0.3) is 5.91 Å².